The Morgan fingerprint density at radius 2 is 1.58 bits per heavy atom. The minimum Gasteiger partial charge on any atom is -0.481 e. The molecule has 1 fully saturated rings. The largest absolute Gasteiger partial charge is 0.481 e. The third-order valence-electron chi connectivity index (χ3n) is 3.58. The monoisotopic (exact) mass is 271 g/mol. The van der Waals surface area contributed by atoms with Crippen LogP contribution in [0.3, 0.4) is 0 Å². The number of piperazine rings is 1. The van der Waals surface area contributed by atoms with Gasteiger partial charge in [-0.3, -0.25) is 14.5 Å². The summed E-state index contributed by atoms with van der Waals surface area (Å²) < 4.78 is 0. The summed E-state index contributed by atoms with van der Waals surface area (Å²) in [6.07, 6.45) is 0.193. The Kier molecular flexibility index (Phi) is 6.80. The first-order valence-corrected chi connectivity index (χ1v) is 7.01. The smallest absolute Gasteiger partial charge is 0.304 e. The van der Waals surface area contributed by atoms with Crippen molar-refractivity contribution in [1.29, 1.82) is 0 Å². The molecule has 19 heavy (non-hydrogen) atoms. The van der Waals surface area contributed by atoms with E-state index in [-0.39, 0.29) is 12.3 Å². The molecule has 1 N–H and O–H groups in total. The Morgan fingerprint density at radius 3 is 2.05 bits per heavy atom. The first kappa shape index (κ1) is 15.9. The zero-order valence-corrected chi connectivity index (χ0v) is 12.0. The Bertz CT molecular complexity index is 298. The number of carboxylic acid groups (broad SMARTS) is 1. The van der Waals surface area contributed by atoms with Crippen LogP contribution in [0.1, 0.15) is 20.3 Å². The van der Waals surface area contributed by atoms with E-state index < -0.39 is 5.97 Å². The van der Waals surface area contributed by atoms with E-state index in [0.29, 0.717) is 13.1 Å². The molecule has 1 aliphatic heterocycles. The zero-order chi connectivity index (χ0) is 14.3. The summed E-state index contributed by atoms with van der Waals surface area (Å²) in [5.41, 5.74) is 0. The van der Waals surface area contributed by atoms with Crippen molar-refractivity contribution in [3.8, 4) is 0 Å². The normalized spacial score (nSPS) is 17.4. The molecular weight excluding hydrogens is 246 g/mol. The fourth-order valence-electron chi connectivity index (χ4n) is 2.29. The van der Waals surface area contributed by atoms with Crippen LogP contribution in [-0.2, 0) is 9.59 Å². The maximum absolute atomic E-state index is 12.0. The van der Waals surface area contributed by atoms with E-state index in [1.807, 2.05) is 18.7 Å². The van der Waals surface area contributed by atoms with Crippen molar-refractivity contribution in [3.63, 3.8) is 0 Å². The molecule has 0 aliphatic carbocycles. The molecule has 0 aromatic carbocycles. The molecule has 0 atom stereocenters. The van der Waals surface area contributed by atoms with Gasteiger partial charge in [-0.15, -0.1) is 0 Å². The van der Waals surface area contributed by atoms with Crippen LogP contribution in [0.5, 0.6) is 0 Å². The number of likely N-dealkylation sites (N-methyl/N-ethyl adjacent to an activating group) is 1. The molecule has 0 saturated carbocycles. The second-order valence-corrected chi connectivity index (χ2v) is 4.83. The van der Waals surface area contributed by atoms with Gasteiger partial charge in [0.05, 0.1) is 13.0 Å². The second kappa shape index (κ2) is 8.12. The van der Waals surface area contributed by atoms with E-state index in [1.165, 1.54) is 0 Å². The van der Waals surface area contributed by atoms with Gasteiger partial charge in [-0.25, -0.2) is 0 Å². The minimum absolute atomic E-state index is 0.184. The van der Waals surface area contributed by atoms with E-state index in [0.717, 1.165) is 39.3 Å². The van der Waals surface area contributed by atoms with Gasteiger partial charge in [0.25, 0.3) is 0 Å². The Morgan fingerprint density at radius 1 is 1.05 bits per heavy atom. The van der Waals surface area contributed by atoms with E-state index in [4.69, 9.17) is 5.11 Å². The van der Waals surface area contributed by atoms with Crippen LogP contribution in [0.25, 0.3) is 0 Å². The van der Waals surface area contributed by atoms with Gasteiger partial charge in [-0.1, -0.05) is 0 Å². The molecule has 110 valence electrons. The molecule has 0 aromatic heterocycles. The number of aliphatic carboxylic acids is 1. The Labute approximate surface area is 115 Å². The summed E-state index contributed by atoms with van der Waals surface area (Å²) in [5.74, 6) is -0.567. The van der Waals surface area contributed by atoms with Crippen molar-refractivity contribution < 1.29 is 14.7 Å². The summed E-state index contributed by atoms with van der Waals surface area (Å²) in [6, 6.07) is 0. The molecule has 0 unspecified atom stereocenters. The molecule has 0 bridgehead atoms. The lowest BCUT2D eigenvalue weighted by Gasteiger charge is -2.34. The Hall–Kier alpha value is -1.14. The number of rotatable bonds is 7. The van der Waals surface area contributed by atoms with E-state index >= 15 is 0 Å². The molecule has 1 rings (SSSR count). The first-order valence-electron chi connectivity index (χ1n) is 7.01. The number of hydrogen-bond donors (Lipinski definition) is 1. The van der Waals surface area contributed by atoms with Crippen LogP contribution < -0.4 is 0 Å². The van der Waals surface area contributed by atoms with E-state index in [1.54, 1.807) is 0 Å². The lowest BCUT2D eigenvalue weighted by Crippen LogP contribution is -2.50. The fourth-order valence-corrected chi connectivity index (χ4v) is 2.29. The number of hydrogen-bond acceptors (Lipinski definition) is 4. The number of carbonyl (C=O) groups excluding carboxylic acids is 1. The van der Waals surface area contributed by atoms with Crippen molar-refractivity contribution in [1.82, 2.24) is 14.7 Å². The molecule has 1 heterocycles. The molecule has 6 heteroatoms. The van der Waals surface area contributed by atoms with Crippen LogP contribution in [-0.4, -0.2) is 84.0 Å². The molecule has 0 radical (unpaired) electrons. The molecule has 0 aromatic rings. The molecule has 1 amide bonds. The van der Waals surface area contributed by atoms with Crippen molar-refractivity contribution in [2.75, 3.05) is 52.4 Å². The van der Waals surface area contributed by atoms with Crippen molar-refractivity contribution in [3.05, 3.63) is 0 Å². The van der Waals surface area contributed by atoms with Crippen LogP contribution in [0.15, 0.2) is 0 Å². The number of carboxylic acids is 1. The maximum atomic E-state index is 12.0. The van der Waals surface area contributed by atoms with Gasteiger partial charge < -0.3 is 14.9 Å². The van der Waals surface area contributed by atoms with Crippen LogP contribution in [0, 0.1) is 0 Å². The van der Waals surface area contributed by atoms with Crippen LogP contribution in [0.4, 0.5) is 0 Å². The second-order valence-electron chi connectivity index (χ2n) is 4.83. The summed E-state index contributed by atoms with van der Waals surface area (Å²) >= 11 is 0. The van der Waals surface area contributed by atoms with Gasteiger partial charge in [0.2, 0.25) is 5.91 Å². The van der Waals surface area contributed by atoms with Gasteiger partial charge in [0.15, 0.2) is 0 Å². The van der Waals surface area contributed by atoms with E-state index in [2.05, 4.69) is 9.80 Å². The molecule has 6 nitrogen and oxygen atoms in total. The highest BCUT2D eigenvalue weighted by Gasteiger charge is 2.20. The van der Waals surface area contributed by atoms with E-state index in [9.17, 15) is 9.59 Å². The van der Waals surface area contributed by atoms with Gasteiger partial charge in [0.1, 0.15) is 0 Å². The highest BCUT2D eigenvalue weighted by molar-refractivity contribution is 5.78. The number of amides is 1. The fraction of sp³-hybridized carbons (Fsp3) is 0.846. The summed E-state index contributed by atoms with van der Waals surface area (Å²) in [6.45, 7) is 9.96. The summed E-state index contributed by atoms with van der Waals surface area (Å²) in [5, 5.41) is 8.64. The highest BCUT2D eigenvalue weighted by Crippen LogP contribution is 2.03. The lowest BCUT2D eigenvalue weighted by molar-refractivity contribution is -0.137. The topological polar surface area (TPSA) is 64.1 Å². The molecule has 1 aliphatic rings. The average molecular weight is 271 g/mol. The molecular formula is C13H25N3O3. The van der Waals surface area contributed by atoms with Gasteiger partial charge in [-0.2, -0.15) is 0 Å². The van der Waals surface area contributed by atoms with Gasteiger partial charge >= 0.3 is 5.97 Å². The maximum Gasteiger partial charge on any atom is 0.304 e. The number of carbonyl (C=O) groups is 2. The standard InChI is InChI=1S/C13H25N3O3/c1-3-16(4-2)12(17)11-15-9-7-14(8-10-15)6-5-13(18)19/h3-11H2,1-2H3,(H,18,19). The minimum atomic E-state index is -0.751. The van der Waals surface area contributed by atoms with Crippen LogP contribution in [0.2, 0.25) is 0 Å². The van der Waals surface area contributed by atoms with Crippen molar-refractivity contribution in [2.45, 2.75) is 20.3 Å². The van der Waals surface area contributed by atoms with Gasteiger partial charge in [-0.05, 0) is 13.8 Å². The average Bonchev–Trinajstić information content (AvgIpc) is 2.39. The highest BCUT2D eigenvalue weighted by atomic mass is 16.4. The predicted molar refractivity (Wildman–Crippen MR) is 73.1 cm³/mol. The first-order chi connectivity index (χ1) is 9.06. The summed E-state index contributed by atoms with van der Waals surface area (Å²) in [4.78, 5) is 28.6. The van der Waals surface area contributed by atoms with Crippen molar-refractivity contribution in [2.24, 2.45) is 0 Å². The lowest BCUT2D eigenvalue weighted by atomic mass is 10.3. The van der Waals surface area contributed by atoms with Crippen molar-refractivity contribution >= 4 is 11.9 Å². The molecule has 0 spiro atoms. The SMILES string of the molecule is CCN(CC)C(=O)CN1CCN(CCC(=O)O)CC1. The number of nitrogens with zero attached hydrogens (tertiary/aromatic N) is 3. The van der Waals surface area contributed by atoms with Crippen LogP contribution >= 0.6 is 0 Å². The summed E-state index contributed by atoms with van der Waals surface area (Å²) in [7, 11) is 0. The van der Waals surface area contributed by atoms with Gasteiger partial charge in [0, 0.05) is 45.8 Å². The quantitative estimate of drug-likeness (QED) is 0.703. The zero-order valence-electron chi connectivity index (χ0n) is 12.0. The third kappa shape index (κ3) is 5.57. The third-order valence-corrected chi connectivity index (χ3v) is 3.58. The Balaban J connectivity index is 2.26. The predicted octanol–water partition coefficient (Wildman–Crippen LogP) is -0.0529. The molecule has 1 saturated heterocycles.